The molecule has 2 rings (SSSR count). The Morgan fingerprint density at radius 1 is 1.24 bits per heavy atom. The van der Waals surface area contributed by atoms with E-state index in [1.165, 1.54) is 25.0 Å². The fourth-order valence-corrected chi connectivity index (χ4v) is 2.79. The lowest BCUT2D eigenvalue weighted by molar-refractivity contribution is 0.0949. The van der Waals surface area contributed by atoms with E-state index in [2.05, 4.69) is 16.6 Å². The fraction of sp³-hybridized carbons (Fsp3) is 0.438. The van der Waals surface area contributed by atoms with E-state index >= 15 is 0 Å². The number of aromatic amines is 1. The van der Waals surface area contributed by atoms with Gasteiger partial charge in [0.05, 0.1) is 0 Å². The zero-order valence-electron chi connectivity index (χ0n) is 12.4. The maximum absolute atomic E-state index is 12.1. The summed E-state index contributed by atoms with van der Waals surface area (Å²) in [6.07, 6.45) is 6.84. The van der Waals surface area contributed by atoms with Gasteiger partial charge in [-0.05, 0) is 49.1 Å². The number of hydrogen-bond donors (Lipinski definition) is 3. The second kappa shape index (κ2) is 7.98. The number of anilines is 1. The van der Waals surface area contributed by atoms with Gasteiger partial charge in [-0.15, -0.1) is 0 Å². The smallest absolute Gasteiger partial charge is 0.267 e. The van der Waals surface area contributed by atoms with E-state index in [1.807, 2.05) is 36.0 Å². The third-order valence-corrected chi connectivity index (χ3v) is 4.15. The van der Waals surface area contributed by atoms with E-state index in [-0.39, 0.29) is 5.91 Å². The van der Waals surface area contributed by atoms with Crippen molar-refractivity contribution in [2.45, 2.75) is 25.7 Å². The van der Waals surface area contributed by atoms with E-state index < -0.39 is 0 Å². The first-order valence-corrected chi connectivity index (χ1v) is 8.75. The van der Waals surface area contributed by atoms with Crippen molar-refractivity contribution in [2.75, 3.05) is 24.3 Å². The molecule has 0 aliphatic rings. The molecule has 114 valence electrons. The molecule has 1 heterocycles. The molecular formula is C16H23N3OS. The van der Waals surface area contributed by atoms with Crippen LogP contribution in [0.25, 0.3) is 10.9 Å². The van der Waals surface area contributed by atoms with Gasteiger partial charge in [0.25, 0.3) is 5.91 Å². The SMILES string of the molecule is CSCCCCCCNC(=O)c1cc2cc(N)ccc2[nH]1. The Balaban J connectivity index is 1.77. The van der Waals surface area contributed by atoms with Crippen LogP contribution in [0.5, 0.6) is 0 Å². The minimum Gasteiger partial charge on any atom is -0.399 e. The Kier molecular flexibility index (Phi) is 5.99. The predicted octanol–water partition coefficient (Wildman–Crippen LogP) is 3.40. The Morgan fingerprint density at radius 2 is 2.05 bits per heavy atom. The standard InChI is InChI=1S/C16H23N3OS/c1-21-9-5-3-2-4-8-18-16(20)15-11-12-10-13(17)6-7-14(12)19-15/h6-7,10-11,19H,2-5,8-9,17H2,1H3,(H,18,20). The first-order valence-electron chi connectivity index (χ1n) is 7.36. The van der Waals surface area contributed by atoms with Gasteiger partial charge < -0.3 is 16.0 Å². The summed E-state index contributed by atoms with van der Waals surface area (Å²) in [5.41, 5.74) is 7.98. The maximum atomic E-state index is 12.1. The van der Waals surface area contributed by atoms with Crippen molar-refractivity contribution < 1.29 is 4.79 Å². The number of H-pyrrole nitrogens is 1. The van der Waals surface area contributed by atoms with Gasteiger partial charge in [-0.3, -0.25) is 4.79 Å². The average molecular weight is 305 g/mol. The molecule has 4 nitrogen and oxygen atoms in total. The summed E-state index contributed by atoms with van der Waals surface area (Å²) in [7, 11) is 0. The van der Waals surface area contributed by atoms with Crippen LogP contribution in [-0.2, 0) is 0 Å². The molecule has 0 saturated heterocycles. The number of hydrogen-bond acceptors (Lipinski definition) is 3. The summed E-state index contributed by atoms with van der Waals surface area (Å²) in [4.78, 5) is 15.2. The molecule has 1 aromatic heterocycles. The van der Waals surface area contributed by atoms with Gasteiger partial charge in [0.2, 0.25) is 0 Å². The van der Waals surface area contributed by atoms with E-state index in [9.17, 15) is 4.79 Å². The highest BCUT2D eigenvalue weighted by Crippen LogP contribution is 2.18. The molecule has 0 bridgehead atoms. The van der Waals surface area contributed by atoms with E-state index in [4.69, 9.17) is 5.73 Å². The van der Waals surface area contributed by atoms with Crippen LogP contribution >= 0.6 is 11.8 Å². The lowest BCUT2D eigenvalue weighted by Crippen LogP contribution is -2.24. The number of nitrogen functional groups attached to an aromatic ring is 1. The summed E-state index contributed by atoms with van der Waals surface area (Å²) < 4.78 is 0. The first-order chi connectivity index (χ1) is 10.2. The molecule has 0 aliphatic heterocycles. The summed E-state index contributed by atoms with van der Waals surface area (Å²) in [5, 5.41) is 3.93. The van der Waals surface area contributed by atoms with Crippen molar-refractivity contribution in [1.29, 1.82) is 0 Å². The molecule has 0 unspecified atom stereocenters. The fourth-order valence-electron chi connectivity index (χ4n) is 2.30. The molecule has 0 atom stereocenters. The number of thioether (sulfide) groups is 1. The number of benzene rings is 1. The summed E-state index contributed by atoms with van der Waals surface area (Å²) in [6.45, 7) is 0.732. The highest BCUT2D eigenvalue weighted by Gasteiger charge is 2.08. The van der Waals surface area contributed by atoms with E-state index in [0.29, 0.717) is 11.4 Å². The number of carbonyl (C=O) groups excluding carboxylic acids is 1. The van der Waals surface area contributed by atoms with Crippen LogP contribution in [0.2, 0.25) is 0 Å². The Hall–Kier alpha value is -1.62. The second-order valence-corrected chi connectivity index (χ2v) is 6.18. The summed E-state index contributed by atoms with van der Waals surface area (Å²) in [5.74, 6) is 1.18. The van der Waals surface area contributed by atoms with Crippen molar-refractivity contribution in [3.05, 3.63) is 30.0 Å². The normalized spacial score (nSPS) is 10.9. The summed E-state index contributed by atoms with van der Waals surface area (Å²) in [6, 6.07) is 7.44. The molecule has 1 aromatic carbocycles. The second-order valence-electron chi connectivity index (χ2n) is 5.19. The van der Waals surface area contributed by atoms with Crippen molar-refractivity contribution in [1.82, 2.24) is 10.3 Å². The van der Waals surface area contributed by atoms with Crippen LogP contribution in [0.4, 0.5) is 5.69 Å². The van der Waals surface area contributed by atoms with Crippen LogP contribution < -0.4 is 11.1 Å². The number of rotatable bonds is 8. The molecule has 21 heavy (non-hydrogen) atoms. The average Bonchev–Trinajstić information content (AvgIpc) is 2.89. The molecule has 0 saturated carbocycles. The van der Waals surface area contributed by atoms with E-state index in [0.717, 1.165) is 23.9 Å². The number of amides is 1. The lowest BCUT2D eigenvalue weighted by Gasteiger charge is -2.03. The van der Waals surface area contributed by atoms with Gasteiger partial charge in [0, 0.05) is 23.1 Å². The van der Waals surface area contributed by atoms with Gasteiger partial charge in [0.1, 0.15) is 5.69 Å². The molecule has 2 aromatic rings. The number of nitrogens with two attached hydrogens (primary N) is 1. The third-order valence-electron chi connectivity index (χ3n) is 3.45. The minimum atomic E-state index is -0.0473. The van der Waals surface area contributed by atoms with Gasteiger partial charge in [0.15, 0.2) is 0 Å². The van der Waals surface area contributed by atoms with Crippen molar-refractivity contribution in [3.63, 3.8) is 0 Å². The molecule has 0 spiro atoms. The van der Waals surface area contributed by atoms with Crippen molar-refractivity contribution in [2.24, 2.45) is 0 Å². The number of nitrogens with one attached hydrogen (secondary N) is 2. The molecule has 4 N–H and O–H groups in total. The quantitative estimate of drug-likeness (QED) is 0.517. The van der Waals surface area contributed by atoms with Crippen molar-refractivity contribution >= 4 is 34.3 Å². The lowest BCUT2D eigenvalue weighted by atomic mass is 10.2. The Labute approximate surface area is 129 Å². The molecule has 0 radical (unpaired) electrons. The number of fused-ring (bicyclic) bond motifs is 1. The first kappa shape index (κ1) is 15.8. The van der Waals surface area contributed by atoms with Gasteiger partial charge in [-0.1, -0.05) is 12.8 Å². The van der Waals surface area contributed by atoms with Gasteiger partial charge >= 0.3 is 0 Å². The van der Waals surface area contributed by atoms with Crippen LogP contribution in [-0.4, -0.2) is 29.4 Å². The maximum Gasteiger partial charge on any atom is 0.267 e. The van der Waals surface area contributed by atoms with Gasteiger partial charge in [-0.25, -0.2) is 0 Å². The number of carbonyl (C=O) groups is 1. The highest BCUT2D eigenvalue weighted by atomic mass is 32.2. The molecular weight excluding hydrogens is 282 g/mol. The Bertz CT molecular complexity index is 594. The number of unbranched alkanes of at least 4 members (excludes halogenated alkanes) is 3. The monoisotopic (exact) mass is 305 g/mol. The van der Waals surface area contributed by atoms with Gasteiger partial charge in [-0.2, -0.15) is 11.8 Å². The Morgan fingerprint density at radius 3 is 2.86 bits per heavy atom. The molecule has 1 amide bonds. The predicted molar refractivity (Wildman–Crippen MR) is 91.9 cm³/mol. The topological polar surface area (TPSA) is 70.9 Å². The highest BCUT2D eigenvalue weighted by molar-refractivity contribution is 7.98. The number of aromatic nitrogens is 1. The van der Waals surface area contributed by atoms with Crippen molar-refractivity contribution in [3.8, 4) is 0 Å². The zero-order chi connectivity index (χ0) is 15.1. The minimum absolute atomic E-state index is 0.0473. The largest absolute Gasteiger partial charge is 0.399 e. The van der Waals surface area contributed by atoms with Crippen LogP contribution in [0.3, 0.4) is 0 Å². The third kappa shape index (κ3) is 4.70. The van der Waals surface area contributed by atoms with Crippen LogP contribution in [0.15, 0.2) is 24.3 Å². The van der Waals surface area contributed by atoms with E-state index in [1.54, 1.807) is 0 Å². The van der Waals surface area contributed by atoms with Crippen LogP contribution in [0, 0.1) is 0 Å². The molecule has 5 heteroatoms. The molecule has 0 aliphatic carbocycles. The van der Waals surface area contributed by atoms with Crippen LogP contribution in [0.1, 0.15) is 36.2 Å². The molecule has 0 fully saturated rings. The zero-order valence-corrected chi connectivity index (χ0v) is 13.3. The summed E-state index contributed by atoms with van der Waals surface area (Å²) >= 11 is 1.89.